The van der Waals surface area contributed by atoms with Gasteiger partial charge in [-0.3, -0.25) is 0 Å². The minimum absolute atomic E-state index is 1.08. The van der Waals surface area contributed by atoms with Gasteiger partial charge in [-0.15, -0.1) is 0 Å². The van der Waals surface area contributed by atoms with Crippen molar-refractivity contribution in [3.8, 4) is 0 Å². The first kappa shape index (κ1) is 8.41. The highest BCUT2D eigenvalue weighted by Crippen LogP contribution is 2.24. The Morgan fingerprint density at radius 1 is 1.21 bits per heavy atom. The summed E-state index contributed by atoms with van der Waals surface area (Å²) in [6.07, 6.45) is 6.21. The lowest BCUT2D eigenvalue weighted by Gasteiger charge is -1.95. The van der Waals surface area contributed by atoms with Gasteiger partial charge in [-0.05, 0) is 32.6 Å². The van der Waals surface area contributed by atoms with Gasteiger partial charge < -0.3 is 0 Å². The molecule has 0 bridgehead atoms. The maximum Gasteiger partial charge on any atom is 0.212 e. The normalized spacial score (nSPS) is 16.9. The van der Waals surface area contributed by atoms with Crippen molar-refractivity contribution in [2.45, 2.75) is 39.0 Å². The molecule has 0 amide bonds. The molecule has 0 spiro atoms. The van der Waals surface area contributed by atoms with Crippen molar-refractivity contribution < 1.29 is 0 Å². The van der Waals surface area contributed by atoms with Gasteiger partial charge in [-0.1, -0.05) is 17.8 Å². The zero-order chi connectivity index (χ0) is 9.54. The van der Waals surface area contributed by atoms with Crippen molar-refractivity contribution in [2.75, 3.05) is 0 Å². The number of hydrogen-bond acceptors (Lipinski definition) is 3. The van der Waals surface area contributed by atoms with Crippen LogP contribution in [-0.4, -0.2) is 14.6 Å². The van der Waals surface area contributed by atoms with Gasteiger partial charge in [0.2, 0.25) is 4.96 Å². The third-order valence-corrected chi connectivity index (χ3v) is 3.63. The zero-order valence-electron chi connectivity index (χ0n) is 8.29. The number of fused-ring (bicyclic) bond motifs is 3. The summed E-state index contributed by atoms with van der Waals surface area (Å²) in [4.78, 5) is 5.73. The summed E-state index contributed by atoms with van der Waals surface area (Å²) in [6.45, 7) is 2.04. The molecule has 3 rings (SSSR count). The Morgan fingerprint density at radius 3 is 3.00 bits per heavy atom. The molecule has 0 fully saturated rings. The van der Waals surface area contributed by atoms with Gasteiger partial charge >= 0.3 is 0 Å². The standard InChI is InChI=1S/C10H13N3S/c1-7-12-13-9-6-4-2-3-5-8(9)11-10(13)14-7/h2-6H2,1H3. The van der Waals surface area contributed by atoms with Crippen LogP contribution >= 0.6 is 11.3 Å². The molecule has 14 heavy (non-hydrogen) atoms. The minimum Gasteiger partial charge on any atom is -0.222 e. The third-order valence-electron chi connectivity index (χ3n) is 2.81. The number of hydrogen-bond donors (Lipinski definition) is 0. The Bertz CT molecular complexity index is 469. The van der Waals surface area contributed by atoms with Gasteiger partial charge in [-0.25, -0.2) is 9.50 Å². The lowest BCUT2D eigenvalue weighted by atomic mass is 10.2. The molecule has 0 saturated heterocycles. The van der Waals surface area contributed by atoms with Crippen LogP contribution in [0.5, 0.6) is 0 Å². The van der Waals surface area contributed by atoms with E-state index in [9.17, 15) is 0 Å². The number of nitrogens with zero attached hydrogens (tertiary/aromatic N) is 3. The first-order valence-corrected chi connectivity index (χ1v) is 6.00. The molecule has 0 N–H and O–H groups in total. The van der Waals surface area contributed by atoms with E-state index in [1.807, 2.05) is 6.92 Å². The molecule has 2 aromatic heterocycles. The topological polar surface area (TPSA) is 30.2 Å². The summed E-state index contributed by atoms with van der Waals surface area (Å²) in [7, 11) is 0. The molecule has 0 radical (unpaired) electrons. The predicted molar refractivity (Wildman–Crippen MR) is 56.9 cm³/mol. The first-order valence-electron chi connectivity index (χ1n) is 5.18. The molecular weight excluding hydrogens is 194 g/mol. The van der Waals surface area contributed by atoms with Crippen LogP contribution < -0.4 is 0 Å². The monoisotopic (exact) mass is 207 g/mol. The quantitative estimate of drug-likeness (QED) is 0.621. The molecule has 3 nitrogen and oxygen atoms in total. The summed E-state index contributed by atoms with van der Waals surface area (Å²) in [5.74, 6) is 0. The number of aryl methyl sites for hydroxylation is 3. The SMILES string of the molecule is Cc1nn2c3c(nc2s1)CCCCC3. The Balaban J connectivity index is 2.22. The molecule has 0 unspecified atom stereocenters. The minimum atomic E-state index is 1.08. The highest BCUT2D eigenvalue weighted by molar-refractivity contribution is 7.16. The number of aromatic nitrogens is 3. The van der Waals surface area contributed by atoms with E-state index in [1.54, 1.807) is 11.3 Å². The van der Waals surface area contributed by atoms with E-state index >= 15 is 0 Å². The summed E-state index contributed by atoms with van der Waals surface area (Å²) in [5, 5.41) is 5.61. The van der Waals surface area contributed by atoms with E-state index in [1.165, 1.54) is 30.7 Å². The molecule has 1 aliphatic carbocycles. The van der Waals surface area contributed by atoms with Gasteiger partial charge in [0.15, 0.2) is 0 Å². The van der Waals surface area contributed by atoms with E-state index in [0.29, 0.717) is 0 Å². The third kappa shape index (κ3) is 1.17. The maximum absolute atomic E-state index is 4.65. The lowest BCUT2D eigenvalue weighted by molar-refractivity contribution is 0.697. The van der Waals surface area contributed by atoms with Crippen molar-refractivity contribution in [1.29, 1.82) is 0 Å². The average Bonchev–Trinajstić information content (AvgIpc) is 2.55. The van der Waals surface area contributed by atoms with Crippen LogP contribution in [0, 0.1) is 6.92 Å². The Hall–Kier alpha value is -0.900. The van der Waals surface area contributed by atoms with Gasteiger partial charge in [0.1, 0.15) is 5.01 Å². The van der Waals surface area contributed by atoms with Crippen molar-refractivity contribution in [3.63, 3.8) is 0 Å². The number of rotatable bonds is 0. The van der Waals surface area contributed by atoms with Gasteiger partial charge in [0, 0.05) is 0 Å². The van der Waals surface area contributed by atoms with Crippen molar-refractivity contribution >= 4 is 16.3 Å². The Labute approximate surface area is 86.8 Å². The van der Waals surface area contributed by atoms with Crippen LogP contribution in [0.15, 0.2) is 0 Å². The fourth-order valence-corrected chi connectivity index (χ4v) is 2.92. The first-order chi connectivity index (χ1) is 6.84. The largest absolute Gasteiger partial charge is 0.222 e. The molecule has 1 aliphatic rings. The average molecular weight is 207 g/mol. The van der Waals surface area contributed by atoms with Crippen molar-refractivity contribution in [1.82, 2.24) is 14.6 Å². The Morgan fingerprint density at radius 2 is 2.07 bits per heavy atom. The fourth-order valence-electron chi connectivity index (χ4n) is 2.14. The molecule has 74 valence electrons. The predicted octanol–water partition coefficient (Wildman–Crippen LogP) is 2.37. The molecule has 0 aliphatic heterocycles. The summed E-state index contributed by atoms with van der Waals surface area (Å²) in [5.41, 5.74) is 2.66. The van der Waals surface area contributed by atoms with Crippen LogP contribution in [0.1, 0.15) is 35.7 Å². The van der Waals surface area contributed by atoms with Crippen LogP contribution in [-0.2, 0) is 12.8 Å². The zero-order valence-corrected chi connectivity index (χ0v) is 9.10. The van der Waals surface area contributed by atoms with Crippen molar-refractivity contribution in [3.05, 3.63) is 16.4 Å². The van der Waals surface area contributed by atoms with Crippen LogP contribution in [0.3, 0.4) is 0 Å². The number of imidazole rings is 1. The maximum atomic E-state index is 4.65. The van der Waals surface area contributed by atoms with E-state index in [2.05, 4.69) is 14.6 Å². The molecule has 2 aromatic rings. The van der Waals surface area contributed by atoms with Crippen LogP contribution in [0.25, 0.3) is 4.96 Å². The van der Waals surface area contributed by atoms with E-state index < -0.39 is 0 Å². The highest BCUT2D eigenvalue weighted by atomic mass is 32.1. The van der Waals surface area contributed by atoms with E-state index in [-0.39, 0.29) is 0 Å². The highest BCUT2D eigenvalue weighted by Gasteiger charge is 2.16. The molecule has 0 atom stereocenters. The molecular formula is C10H13N3S. The summed E-state index contributed by atoms with van der Waals surface area (Å²) < 4.78 is 2.06. The van der Waals surface area contributed by atoms with E-state index in [4.69, 9.17) is 0 Å². The smallest absolute Gasteiger partial charge is 0.212 e. The second-order valence-electron chi connectivity index (χ2n) is 3.88. The molecule has 2 heterocycles. The van der Waals surface area contributed by atoms with E-state index in [0.717, 1.165) is 22.8 Å². The molecule has 0 saturated carbocycles. The second kappa shape index (κ2) is 3.05. The molecule has 4 heteroatoms. The lowest BCUT2D eigenvalue weighted by Crippen LogP contribution is -1.95. The van der Waals surface area contributed by atoms with Crippen molar-refractivity contribution in [2.24, 2.45) is 0 Å². The molecule has 0 aromatic carbocycles. The van der Waals surface area contributed by atoms with Gasteiger partial charge in [0.25, 0.3) is 0 Å². The summed E-state index contributed by atoms with van der Waals surface area (Å²) >= 11 is 1.69. The summed E-state index contributed by atoms with van der Waals surface area (Å²) in [6, 6.07) is 0. The second-order valence-corrected chi connectivity index (χ2v) is 5.04. The van der Waals surface area contributed by atoms with Crippen LogP contribution in [0.4, 0.5) is 0 Å². The van der Waals surface area contributed by atoms with Gasteiger partial charge in [-0.2, -0.15) is 5.10 Å². The fraction of sp³-hybridized carbons (Fsp3) is 0.600. The Kier molecular flexibility index (Phi) is 1.83. The van der Waals surface area contributed by atoms with Gasteiger partial charge in [0.05, 0.1) is 11.4 Å². The van der Waals surface area contributed by atoms with Crippen LogP contribution in [0.2, 0.25) is 0 Å².